The van der Waals surface area contributed by atoms with Crippen molar-refractivity contribution < 1.29 is 17.9 Å². The van der Waals surface area contributed by atoms with Crippen LogP contribution in [0.1, 0.15) is 35.8 Å². The van der Waals surface area contributed by atoms with E-state index in [1.54, 1.807) is 40.9 Å². The topological polar surface area (TPSA) is 67.9 Å². The maximum atomic E-state index is 11.5. The van der Waals surface area contributed by atoms with Gasteiger partial charge in [-0.25, -0.2) is 8.42 Å². The molecule has 0 spiro atoms. The van der Waals surface area contributed by atoms with E-state index in [4.69, 9.17) is 9.47 Å². The molecule has 178 valence electrons. The maximum absolute atomic E-state index is 11.5. The van der Waals surface area contributed by atoms with Crippen molar-refractivity contribution in [1.82, 2.24) is 4.90 Å². The number of ether oxygens (including phenoxy) is 2. The fourth-order valence-electron chi connectivity index (χ4n) is 3.98. The van der Waals surface area contributed by atoms with E-state index in [0.29, 0.717) is 18.0 Å². The molecule has 9 heteroatoms. The number of anilines is 1. The summed E-state index contributed by atoms with van der Waals surface area (Å²) >= 11 is 3.46. The van der Waals surface area contributed by atoms with Crippen molar-refractivity contribution in [3.63, 3.8) is 0 Å². The molecule has 0 aliphatic carbocycles. The highest BCUT2D eigenvalue weighted by atomic mass is 32.2. The molecule has 1 atom stereocenters. The van der Waals surface area contributed by atoms with Crippen molar-refractivity contribution in [1.29, 1.82) is 0 Å². The molecule has 4 rings (SSSR count). The molecule has 1 aliphatic rings. The van der Waals surface area contributed by atoms with Gasteiger partial charge in [0.15, 0.2) is 0 Å². The molecule has 0 radical (unpaired) electrons. The Labute approximate surface area is 204 Å². The Morgan fingerprint density at radius 3 is 2.64 bits per heavy atom. The van der Waals surface area contributed by atoms with Crippen molar-refractivity contribution >= 4 is 38.4 Å². The first-order valence-corrected chi connectivity index (χ1v) is 14.8. The maximum Gasteiger partial charge on any atom is 0.229 e. The van der Waals surface area contributed by atoms with Gasteiger partial charge in [0.05, 0.1) is 24.7 Å². The minimum Gasteiger partial charge on any atom is -0.491 e. The van der Waals surface area contributed by atoms with Crippen LogP contribution in [0.4, 0.5) is 5.69 Å². The molecule has 1 aromatic carbocycles. The number of benzene rings is 1. The van der Waals surface area contributed by atoms with E-state index in [1.807, 2.05) is 6.07 Å². The van der Waals surface area contributed by atoms with Crippen molar-refractivity contribution in [2.75, 3.05) is 37.2 Å². The highest BCUT2D eigenvalue weighted by Gasteiger charge is 2.25. The third-order valence-electron chi connectivity index (χ3n) is 5.57. The Morgan fingerprint density at radius 2 is 1.94 bits per heavy atom. The average molecular weight is 507 g/mol. The lowest BCUT2D eigenvalue weighted by atomic mass is 10.1. The average Bonchev–Trinajstić information content (AvgIpc) is 3.51. The van der Waals surface area contributed by atoms with Gasteiger partial charge >= 0.3 is 0 Å². The summed E-state index contributed by atoms with van der Waals surface area (Å²) < 4.78 is 38.0. The summed E-state index contributed by atoms with van der Waals surface area (Å²) in [5.41, 5.74) is 1.72. The van der Waals surface area contributed by atoms with Crippen LogP contribution in [0.5, 0.6) is 5.75 Å². The normalized spacial score (nSPS) is 16.5. The molecule has 1 aliphatic heterocycles. The van der Waals surface area contributed by atoms with Crippen molar-refractivity contribution in [3.8, 4) is 5.75 Å². The number of rotatable bonds is 11. The van der Waals surface area contributed by atoms with E-state index in [9.17, 15) is 8.42 Å². The first-order valence-electron chi connectivity index (χ1n) is 11.1. The van der Waals surface area contributed by atoms with E-state index in [1.165, 1.54) is 10.4 Å². The van der Waals surface area contributed by atoms with Gasteiger partial charge < -0.3 is 14.4 Å². The summed E-state index contributed by atoms with van der Waals surface area (Å²) in [6.07, 6.45) is 4.35. The zero-order valence-electron chi connectivity index (χ0n) is 18.7. The summed E-state index contributed by atoms with van der Waals surface area (Å²) in [4.78, 5) is 3.72. The van der Waals surface area contributed by atoms with Crippen LogP contribution in [-0.4, -0.2) is 51.9 Å². The standard InChI is InChI=1S/C24H30N2O4S3/c1-33(27,28)25-21-6-2-3-7-22(21)29-15-5-12-26-13-9-20(10-14-26)30-24(19-11-17-31-18-19)23-8-4-16-32-23/h2-4,6-8,11,16-18,20,24-25H,5,9-10,12-15H2,1H3. The van der Waals surface area contributed by atoms with Gasteiger partial charge in [-0.3, -0.25) is 4.72 Å². The monoisotopic (exact) mass is 506 g/mol. The summed E-state index contributed by atoms with van der Waals surface area (Å²) in [5, 5.41) is 6.40. The largest absolute Gasteiger partial charge is 0.491 e. The van der Waals surface area contributed by atoms with E-state index in [-0.39, 0.29) is 12.2 Å². The molecule has 1 fully saturated rings. The molecule has 0 saturated carbocycles. The van der Waals surface area contributed by atoms with Crippen LogP contribution >= 0.6 is 22.7 Å². The third-order valence-corrected chi connectivity index (χ3v) is 7.78. The van der Waals surface area contributed by atoms with E-state index < -0.39 is 10.0 Å². The third kappa shape index (κ3) is 7.28. The molecule has 1 unspecified atom stereocenters. The van der Waals surface area contributed by atoms with Gasteiger partial charge in [0.25, 0.3) is 0 Å². The Balaban J connectivity index is 1.21. The van der Waals surface area contributed by atoms with E-state index in [0.717, 1.165) is 45.2 Å². The zero-order valence-corrected chi connectivity index (χ0v) is 21.1. The lowest BCUT2D eigenvalue weighted by Gasteiger charge is -2.33. The fraction of sp³-hybridized carbons (Fsp3) is 0.417. The van der Waals surface area contributed by atoms with E-state index >= 15 is 0 Å². The second kappa shape index (κ2) is 11.5. The van der Waals surface area contributed by atoms with Crippen molar-refractivity contribution in [3.05, 3.63) is 69.0 Å². The minimum absolute atomic E-state index is 0.0295. The first kappa shape index (κ1) is 24.2. The fourth-order valence-corrected chi connectivity index (χ4v) is 6.01. The van der Waals surface area contributed by atoms with Gasteiger partial charge in [0, 0.05) is 24.5 Å². The number of nitrogens with zero attached hydrogens (tertiary/aromatic N) is 1. The molecule has 1 N–H and O–H groups in total. The van der Waals surface area contributed by atoms with Crippen LogP contribution in [0.15, 0.2) is 58.6 Å². The molecule has 1 saturated heterocycles. The molecule has 3 aromatic rings. The molecule has 2 aromatic heterocycles. The predicted octanol–water partition coefficient (Wildman–Crippen LogP) is 5.22. The van der Waals surface area contributed by atoms with Crippen LogP contribution in [0.25, 0.3) is 0 Å². The summed E-state index contributed by atoms with van der Waals surface area (Å²) in [7, 11) is -3.34. The predicted molar refractivity (Wildman–Crippen MR) is 136 cm³/mol. The first-order chi connectivity index (χ1) is 16.0. The Morgan fingerprint density at radius 1 is 1.12 bits per heavy atom. The van der Waals surface area contributed by atoms with E-state index in [2.05, 4.69) is 44.0 Å². The summed E-state index contributed by atoms with van der Waals surface area (Å²) in [5.74, 6) is 0.558. The molecule has 0 amide bonds. The number of piperidine rings is 1. The number of hydrogen-bond acceptors (Lipinski definition) is 7. The van der Waals surface area contributed by atoms with Gasteiger partial charge in [0.2, 0.25) is 10.0 Å². The quantitative estimate of drug-likeness (QED) is 0.361. The van der Waals surface area contributed by atoms with Crippen LogP contribution in [-0.2, 0) is 14.8 Å². The number of hydrogen-bond donors (Lipinski definition) is 1. The van der Waals surface area contributed by atoms with Gasteiger partial charge in [-0.2, -0.15) is 11.3 Å². The van der Waals surface area contributed by atoms with Crippen molar-refractivity contribution in [2.24, 2.45) is 0 Å². The number of likely N-dealkylation sites (tertiary alicyclic amines) is 1. The molecular weight excluding hydrogens is 476 g/mol. The van der Waals surface area contributed by atoms with Crippen LogP contribution in [0.3, 0.4) is 0 Å². The van der Waals surface area contributed by atoms with Crippen LogP contribution in [0, 0.1) is 0 Å². The Bertz CT molecular complexity index is 1040. The SMILES string of the molecule is CS(=O)(=O)Nc1ccccc1OCCCN1CCC(OC(c2ccsc2)c2cccs2)CC1. The Kier molecular flexibility index (Phi) is 8.43. The van der Waals surface area contributed by atoms with Gasteiger partial charge in [-0.1, -0.05) is 18.2 Å². The summed E-state index contributed by atoms with van der Waals surface area (Å²) in [6.45, 7) is 3.51. The number of para-hydroxylation sites is 2. The lowest BCUT2D eigenvalue weighted by Crippen LogP contribution is -2.38. The zero-order chi connectivity index (χ0) is 23.1. The molecular formula is C24H30N2O4S3. The second-order valence-electron chi connectivity index (χ2n) is 8.20. The molecule has 6 nitrogen and oxygen atoms in total. The number of nitrogens with one attached hydrogen (secondary N) is 1. The van der Waals surface area contributed by atoms with Gasteiger partial charge in [0.1, 0.15) is 11.9 Å². The Hall–Kier alpha value is -1.91. The van der Waals surface area contributed by atoms with Crippen LogP contribution < -0.4 is 9.46 Å². The highest BCUT2D eigenvalue weighted by Crippen LogP contribution is 2.33. The number of thiophene rings is 2. The van der Waals surface area contributed by atoms with Crippen LogP contribution in [0.2, 0.25) is 0 Å². The minimum atomic E-state index is -3.34. The van der Waals surface area contributed by atoms with Gasteiger partial charge in [-0.05, 0) is 65.2 Å². The highest BCUT2D eigenvalue weighted by molar-refractivity contribution is 7.92. The number of sulfonamides is 1. The summed E-state index contributed by atoms with van der Waals surface area (Å²) in [6, 6.07) is 13.5. The lowest BCUT2D eigenvalue weighted by molar-refractivity contribution is -0.0258. The van der Waals surface area contributed by atoms with Gasteiger partial charge in [-0.15, -0.1) is 11.3 Å². The molecule has 33 heavy (non-hydrogen) atoms. The smallest absolute Gasteiger partial charge is 0.229 e. The molecule has 3 heterocycles. The molecule has 0 bridgehead atoms. The second-order valence-corrected chi connectivity index (χ2v) is 11.7. The van der Waals surface area contributed by atoms with Crippen molar-refractivity contribution in [2.45, 2.75) is 31.5 Å².